The molecule has 0 saturated carbocycles. The highest BCUT2D eigenvalue weighted by Crippen LogP contribution is 2.18. The van der Waals surface area contributed by atoms with E-state index in [1.807, 2.05) is 48.9 Å². The molecule has 1 saturated heterocycles. The van der Waals surface area contributed by atoms with Gasteiger partial charge in [-0.15, -0.1) is 12.4 Å². The van der Waals surface area contributed by atoms with Gasteiger partial charge in [-0.25, -0.2) is 4.68 Å². The molecule has 0 aliphatic carbocycles. The molecule has 24 heavy (non-hydrogen) atoms. The Kier molecular flexibility index (Phi) is 6.40. The fourth-order valence-corrected chi connectivity index (χ4v) is 3.14. The van der Waals surface area contributed by atoms with E-state index in [0.29, 0.717) is 19.0 Å². The number of carbonyl (C=O) groups is 1. The van der Waals surface area contributed by atoms with Crippen LogP contribution in [0.4, 0.5) is 0 Å². The summed E-state index contributed by atoms with van der Waals surface area (Å²) in [5.41, 5.74) is 3.99. The summed E-state index contributed by atoms with van der Waals surface area (Å²) in [6.45, 7) is 5.76. The first-order chi connectivity index (χ1) is 11.1. The fourth-order valence-electron chi connectivity index (χ4n) is 3.14. The van der Waals surface area contributed by atoms with Crippen LogP contribution in [0.2, 0.25) is 0 Å². The Balaban J connectivity index is 0.00000208. The van der Waals surface area contributed by atoms with Gasteiger partial charge in [-0.1, -0.05) is 18.2 Å². The maximum absolute atomic E-state index is 12.2. The molecule has 2 aromatic rings. The molecule has 1 aliphatic heterocycles. The summed E-state index contributed by atoms with van der Waals surface area (Å²) < 4.78 is 1.91. The molecule has 1 aromatic heterocycles. The molecule has 3 rings (SSSR count). The number of carbonyl (C=O) groups excluding carboxylic acids is 1. The van der Waals surface area contributed by atoms with Crippen molar-refractivity contribution in [3.63, 3.8) is 0 Å². The third-order valence-corrected chi connectivity index (χ3v) is 4.49. The van der Waals surface area contributed by atoms with Crippen LogP contribution in [0.25, 0.3) is 5.69 Å². The third-order valence-electron chi connectivity index (χ3n) is 4.49. The molecule has 1 fully saturated rings. The normalized spacial score (nSPS) is 16.7. The van der Waals surface area contributed by atoms with Gasteiger partial charge in [-0.05, 0) is 45.4 Å². The molecule has 6 heteroatoms. The summed E-state index contributed by atoms with van der Waals surface area (Å²) in [6, 6.07) is 10.4. The van der Waals surface area contributed by atoms with Gasteiger partial charge in [0, 0.05) is 23.8 Å². The molecule has 2 heterocycles. The largest absolute Gasteiger partial charge is 0.354 e. The minimum atomic E-state index is 0. The second-order valence-electron chi connectivity index (χ2n) is 6.17. The maximum Gasteiger partial charge on any atom is 0.224 e. The van der Waals surface area contributed by atoms with Gasteiger partial charge in [0.1, 0.15) is 0 Å². The van der Waals surface area contributed by atoms with Crippen LogP contribution in [0.3, 0.4) is 0 Å². The minimum absolute atomic E-state index is 0. The van der Waals surface area contributed by atoms with Gasteiger partial charge >= 0.3 is 0 Å². The Morgan fingerprint density at radius 1 is 1.33 bits per heavy atom. The van der Waals surface area contributed by atoms with Gasteiger partial charge in [-0.3, -0.25) is 4.79 Å². The number of nitrogens with zero attached hydrogens (tertiary/aromatic N) is 2. The second-order valence-corrected chi connectivity index (χ2v) is 6.17. The molecule has 1 atom stereocenters. The molecular formula is C18H25ClN4O. The molecular weight excluding hydrogens is 324 g/mol. The van der Waals surface area contributed by atoms with E-state index in [4.69, 9.17) is 0 Å². The number of amides is 1. The summed E-state index contributed by atoms with van der Waals surface area (Å²) in [6.07, 6.45) is 2.73. The number of aromatic nitrogens is 2. The predicted molar refractivity (Wildman–Crippen MR) is 98.0 cm³/mol. The number of aryl methyl sites for hydroxylation is 1. The van der Waals surface area contributed by atoms with Crippen LogP contribution in [-0.4, -0.2) is 34.8 Å². The lowest BCUT2D eigenvalue weighted by Gasteiger charge is -2.11. The Labute approximate surface area is 149 Å². The Bertz CT molecular complexity index is 678. The number of benzene rings is 1. The van der Waals surface area contributed by atoms with Crippen molar-refractivity contribution in [2.24, 2.45) is 0 Å². The molecule has 1 amide bonds. The topological polar surface area (TPSA) is 59.0 Å². The number of halogens is 1. The van der Waals surface area contributed by atoms with Crippen molar-refractivity contribution >= 4 is 18.3 Å². The van der Waals surface area contributed by atoms with Crippen molar-refractivity contribution in [2.75, 3.05) is 13.1 Å². The summed E-state index contributed by atoms with van der Waals surface area (Å²) >= 11 is 0. The van der Waals surface area contributed by atoms with Gasteiger partial charge < -0.3 is 10.6 Å². The summed E-state index contributed by atoms with van der Waals surface area (Å²) in [4.78, 5) is 12.2. The van der Waals surface area contributed by atoms with Gasteiger partial charge in [0.25, 0.3) is 0 Å². The molecule has 0 radical (unpaired) electrons. The number of rotatable bonds is 5. The minimum Gasteiger partial charge on any atom is -0.354 e. The molecule has 1 aromatic carbocycles. The standard InChI is InChI=1S/C18H24N4O.ClH/c1-13-17(11-18(23)20-12-15-7-6-10-19-15)14(2)22(21-13)16-8-4-3-5-9-16;/h3-5,8-9,15,19H,6-7,10-12H2,1-2H3,(H,20,23);1H. The van der Waals surface area contributed by atoms with E-state index in [2.05, 4.69) is 15.7 Å². The average Bonchev–Trinajstić information content (AvgIpc) is 3.17. The van der Waals surface area contributed by atoms with Crippen LogP contribution in [0.15, 0.2) is 30.3 Å². The highest BCUT2D eigenvalue weighted by atomic mass is 35.5. The van der Waals surface area contributed by atoms with Crippen molar-refractivity contribution < 1.29 is 4.79 Å². The van der Waals surface area contributed by atoms with Crippen molar-refractivity contribution in [1.29, 1.82) is 0 Å². The Morgan fingerprint density at radius 2 is 2.08 bits per heavy atom. The van der Waals surface area contributed by atoms with Crippen LogP contribution in [0.1, 0.15) is 29.8 Å². The average molecular weight is 349 g/mol. The Hall–Kier alpha value is -1.85. The van der Waals surface area contributed by atoms with Crippen LogP contribution in [0.5, 0.6) is 0 Å². The number of hydrogen-bond acceptors (Lipinski definition) is 3. The van der Waals surface area contributed by atoms with Crippen LogP contribution in [-0.2, 0) is 11.2 Å². The van der Waals surface area contributed by atoms with Gasteiger partial charge in [0.2, 0.25) is 5.91 Å². The highest BCUT2D eigenvalue weighted by molar-refractivity contribution is 5.85. The van der Waals surface area contributed by atoms with E-state index in [1.54, 1.807) is 0 Å². The van der Waals surface area contributed by atoms with E-state index in [-0.39, 0.29) is 18.3 Å². The summed E-state index contributed by atoms with van der Waals surface area (Å²) in [5.74, 6) is 0.0671. The Morgan fingerprint density at radius 3 is 2.75 bits per heavy atom. The molecule has 130 valence electrons. The zero-order valence-corrected chi connectivity index (χ0v) is 15.0. The van der Waals surface area contributed by atoms with Gasteiger partial charge in [-0.2, -0.15) is 5.10 Å². The van der Waals surface area contributed by atoms with Crippen molar-refractivity contribution in [2.45, 2.75) is 39.2 Å². The summed E-state index contributed by atoms with van der Waals surface area (Å²) in [7, 11) is 0. The quantitative estimate of drug-likeness (QED) is 0.871. The van der Waals surface area contributed by atoms with E-state index < -0.39 is 0 Å². The lowest BCUT2D eigenvalue weighted by atomic mass is 10.1. The smallest absolute Gasteiger partial charge is 0.224 e. The first-order valence-corrected chi connectivity index (χ1v) is 8.26. The molecule has 0 spiro atoms. The zero-order chi connectivity index (χ0) is 16.2. The lowest BCUT2D eigenvalue weighted by molar-refractivity contribution is -0.120. The molecule has 5 nitrogen and oxygen atoms in total. The fraction of sp³-hybridized carbons (Fsp3) is 0.444. The monoisotopic (exact) mass is 348 g/mol. The van der Waals surface area contributed by atoms with Crippen molar-refractivity contribution in [3.05, 3.63) is 47.3 Å². The van der Waals surface area contributed by atoms with Crippen molar-refractivity contribution in [3.8, 4) is 5.69 Å². The maximum atomic E-state index is 12.2. The first kappa shape index (κ1) is 18.5. The highest BCUT2D eigenvalue weighted by Gasteiger charge is 2.18. The summed E-state index contributed by atoms with van der Waals surface area (Å²) in [5, 5.41) is 11.0. The van der Waals surface area contributed by atoms with Gasteiger partial charge in [0.15, 0.2) is 0 Å². The first-order valence-electron chi connectivity index (χ1n) is 8.26. The van der Waals surface area contributed by atoms with Crippen LogP contribution >= 0.6 is 12.4 Å². The molecule has 2 N–H and O–H groups in total. The molecule has 1 aliphatic rings. The van der Waals surface area contributed by atoms with Crippen LogP contribution in [0, 0.1) is 13.8 Å². The van der Waals surface area contributed by atoms with Crippen LogP contribution < -0.4 is 10.6 Å². The molecule has 1 unspecified atom stereocenters. The van der Waals surface area contributed by atoms with E-state index in [9.17, 15) is 4.79 Å². The number of nitrogens with one attached hydrogen (secondary N) is 2. The number of hydrogen-bond donors (Lipinski definition) is 2. The third kappa shape index (κ3) is 4.16. The lowest BCUT2D eigenvalue weighted by Crippen LogP contribution is -2.37. The van der Waals surface area contributed by atoms with E-state index in [1.165, 1.54) is 6.42 Å². The number of para-hydroxylation sites is 1. The molecule has 0 bridgehead atoms. The zero-order valence-electron chi connectivity index (χ0n) is 14.2. The van der Waals surface area contributed by atoms with E-state index in [0.717, 1.165) is 35.6 Å². The van der Waals surface area contributed by atoms with Gasteiger partial charge in [0.05, 0.1) is 17.8 Å². The predicted octanol–water partition coefficient (Wildman–Crippen LogP) is 2.32. The second kappa shape index (κ2) is 8.31. The van der Waals surface area contributed by atoms with E-state index >= 15 is 0 Å². The van der Waals surface area contributed by atoms with Crippen molar-refractivity contribution in [1.82, 2.24) is 20.4 Å². The SMILES string of the molecule is Cc1nn(-c2ccccc2)c(C)c1CC(=O)NCC1CCCN1.Cl.